The fraction of sp³-hybridized carbons (Fsp3) is 0.250. The first-order chi connectivity index (χ1) is 8.69. The van der Waals surface area contributed by atoms with E-state index in [1.54, 1.807) is 7.05 Å². The Hall–Kier alpha value is -2.00. The van der Waals surface area contributed by atoms with E-state index in [2.05, 4.69) is 15.6 Å². The van der Waals surface area contributed by atoms with Crippen LogP contribution in [0.5, 0.6) is 0 Å². The number of benzene rings is 1. The van der Waals surface area contributed by atoms with Gasteiger partial charge in [-0.1, -0.05) is 23.9 Å². The van der Waals surface area contributed by atoms with Gasteiger partial charge in [-0.25, -0.2) is 4.99 Å². The van der Waals surface area contributed by atoms with Gasteiger partial charge < -0.3 is 5.32 Å². The molecule has 2 N–H and O–H groups in total. The summed E-state index contributed by atoms with van der Waals surface area (Å²) >= 11 is 1.36. The van der Waals surface area contributed by atoms with E-state index in [4.69, 9.17) is 5.26 Å². The number of carbonyl (C=O) groups excluding carboxylic acids is 1. The van der Waals surface area contributed by atoms with Gasteiger partial charge in [0.05, 0.1) is 12.1 Å². The second-order valence-corrected chi connectivity index (χ2v) is 4.17. The van der Waals surface area contributed by atoms with Crippen LogP contribution < -0.4 is 10.6 Å². The lowest BCUT2D eigenvalue weighted by Crippen LogP contribution is -2.19. The lowest BCUT2D eigenvalue weighted by Gasteiger charge is -2.02. The number of nitrogens with one attached hydrogen (secondary N) is 2. The number of nitrogens with zero attached hydrogens (tertiary/aromatic N) is 2. The molecule has 0 heterocycles. The van der Waals surface area contributed by atoms with Crippen LogP contribution in [0.15, 0.2) is 29.3 Å². The van der Waals surface area contributed by atoms with E-state index in [9.17, 15) is 4.79 Å². The Morgan fingerprint density at radius 1 is 1.44 bits per heavy atom. The largest absolute Gasteiger partial charge is 0.359 e. The summed E-state index contributed by atoms with van der Waals surface area (Å²) in [5.41, 5.74) is 1.66. The Kier molecular flexibility index (Phi) is 5.74. The molecule has 0 radical (unpaired) electrons. The van der Waals surface area contributed by atoms with Crippen LogP contribution >= 0.6 is 11.8 Å². The number of hydrogen-bond acceptors (Lipinski definition) is 4. The minimum atomic E-state index is -0.0257. The number of likely N-dealkylation sites (N-methyl/N-ethyl adjacent to an activating group) is 1. The summed E-state index contributed by atoms with van der Waals surface area (Å²) in [5, 5.41) is 14.1. The van der Waals surface area contributed by atoms with E-state index < -0.39 is 0 Å². The standard InChI is InChI=1S/C12H14N4OS/c1-14-11(17)7-9-3-5-10(6-4-9)16-12(18-2)15-8-13/h3-6H,7H2,1-2H3,(H,14,17)(H,15,16). The molecule has 94 valence electrons. The van der Waals surface area contributed by atoms with Crippen LogP contribution in [-0.2, 0) is 11.2 Å². The van der Waals surface area contributed by atoms with Crippen molar-refractivity contribution in [3.63, 3.8) is 0 Å². The maximum atomic E-state index is 11.2. The lowest BCUT2D eigenvalue weighted by atomic mass is 10.1. The Labute approximate surface area is 110 Å². The molecule has 0 atom stereocenters. The van der Waals surface area contributed by atoms with Crippen LogP contribution in [0, 0.1) is 11.5 Å². The summed E-state index contributed by atoms with van der Waals surface area (Å²) in [6, 6.07) is 7.32. The fourth-order valence-electron chi connectivity index (χ4n) is 1.25. The number of amides is 1. The predicted molar refractivity (Wildman–Crippen MR) is 73.6 cm³/mol. The number of nitriles is 1. The second-order valence-electron chi connectivity index (χ2n) is 3.37. The summed E-state index contributed by atoms with van der Waals surface area (Å²) < 4.78 is 0. The lowest BCUT2D eigenvalue weighted by molar-refractivity contribution is -0.119. The molecule has 1 aromatic rings. The maximum absolute atomic E-state index is 11.2. The average molecular weight is 262 g/mol. The number of thioether (sulfide) groups is 1. The Morgan fingerprint density at radius 3 is 2.61 bits per heavy atom. The van der Waals surface area contributed by atoms with Gasteiger partial charge in [-0.15, -0.1) is 0 Å². The number of rotatable bonds is 3. The molecule has 0 spiro atoms. The first-order valence-corrected chi connectivity index (χ1v) is 6.49. The van der Waals surface area contributed by atoms with Crippen molar-refractivity contribution < 1.29 is 4.79 Å². The quantitative estimate of drug-likeness (QED) is 0.373. The van der Waals surface area contributed by atoms with Gasteiger partial charge in [-0.05, 0) is 24.0 Å². The predicted octanol–water partition coefficient (Wildman–Crippen LogP) is 1.40. The molecule has 0 saturated carbocycles. The van der Waals surface area contributed by atoms with Gasteiger partial charge in [0.15, 0.2) is 11.4 Å². The molecule has 0 aliphatic heterocycles. The van der Waals surface area contributed by atoms with Crippen molar-refractivity contribution in [3.8, 4) is 6.19 Å². The molecule has 1 amide bonds. The Morgan fingerprint density at radius 2 is 2.11 bits per heavy atom. The SMILES string of the molecule is CNC(=O)Cc1ccc(N=C(NC#N)SC)cc1. The van der Waals surface area contributed by atoms with Gasteiger partial charge in [0.25, 0.3) is 0 Å². The summed E-state index contributed by atoms with van der Waals surface area (Å²) in [4.78, 5) is 15.4. The molecule has 1 rings (SSSR count). The third-order valence-electron chi connectivity index (χ3n) is 2.17. The first kappa shape index (κ1) is 14.1. The highest BCUT2D eigenvalue weighted by molar-refractivity contribution is 8.13. The molecule has 0 aromatic heterocycles. The molecular weight excluding hydrogens is 248 g/mol. The fourth-order valence-corrected chi connectivity index (χ4v) is 1.60. The van der Waals surface area contributed by atoms with Crippen molar-refractivity contribution in [2.75, 3.05) is 13.3 Å². The molecule has 0 unspecified atom stereocenters. The number of amidine groups is 1. The van der Waals surface area contributed by atoms with Gasteiger partial charge in [0.1, 0.15) is 0 Å². The van der Waals surface area contributed by atoms with Crippen molar-refractivity contribution in [2.24, 2.45) is 4.99 Å². The monoisotopic (exact) mass is 262 g/mol. The highest BCUT2D eigenvalue weighted by Crippen LogP contribution is 2.15. The van der Waals surface area contributed by atoms with Crippen molar-refractivity contribution >= 4 is 28.5 Å². The van der Waals surface area contributed by atoms with Gasteiger partial charge >= 0.3 is 0 Å². The van der Waals surface area contributed by atoms with Crippen LogP contribution in [0.4, 0.5) is 5.69 Å². The molecule has 0 aliphatic carbocycles. The summed E-state index contributed by atoms with van der Waals surface area (Å²) in [6.07, 6.45) is 4.02. The van der Waals surface area contributed by atoms with Crippen LogP contribution in [0.3, 0.4) is 0 Å². The minimum Gasteiger partial charge on any atom is -0.359 e. The van der Waals surface area contributed by atoms with Crippen LogP contribution in [0.25, 0.3) is 0 Å². The molecular formula is C12H14N4OS. The van der Waals surface area contributed by atoms with Crippen molar-refractivity contribution in [1.29, 1.82) is 5.26 Å². The smallest absolute Gasteiger partial charge is 0.224 e. The van der Waals surface area contributed by atoms with Crippen molar-refractivity contribution in [3.05, 3.63) is 29.8 Å². The molecule has 18 heavy (non-hydrogen) atoms. The van der Waals surface area contributed by atoms with E-state index in [0.717, 1.165) is 11.3 Å². The van der Waals surface area contributed by atoms with E-state index in [1.165, 1.54) is 11.8 Å². The zero-order valence-electron chi connectivity index (χ0n) is 10.2. The molecule has 1 aromatic carbocycles. The zero-order valence-corrected chi connectivity index (χ0v) is 11.0. The Balaban J connectivity index is 2.76. The molecule has 6 heteroatoms. The number of carbonyl (C=O) groups is 1. The van der Waals surface area contributed by atoms with Crippen LogP contribution in [-0.4, -0.2) is 24.4 Å². The van der Waals surface area contributed by atoms with Crippen molar-refractivity contribution in [2.45, 2.75) is 6.42 Å². The van der Waals surface area contributed by atoms with Crippen LogP contribution in [0.2, 0.25) is 0 Å². The highest BCUT2D eigenvalue weighted by Gasteiger charge is 2.01. The van der Waals surface area contributed by atoms with Gasteiger partial charge in [0.2, 0.25) is 5.91 Å². The highest BCUT2D eigenvalue weighted by atomic mass is 32.2. The number of aliphatic imine (C=N–C) groups is 1. The Bertz CT molecular complexity index is 476. The third kappa shape index (κ3) is 4.47. The molecule has 0 fully saturated rings. The molecule has 0 bridgehead atoms. The third-order valence-corrected chi connectivity index (χ3v) is 2.75. The summed E-state index contributed by atoms with van der Waals surface area (Å²) in [6.45, 7) is 0. The van der Waals surface area contributed by atoms with Gasteiger partial charge in [0, 0.05) is 7.05 Å². The first-order valence-electron chi connectivity index (χ1n) is 5.27. The average Bonchev–Trinajstić information content (AvgIpc) is 2.40. The second kappa shape index (κ2) is 7.35. The summed E-state index contributed by atoms with van der Waals surface area (Å²) in [7, 11) is 1.61. The molecule has 5 nitrogen and oxygen atoms in total. The molecule has 0 aliphatic rings. The van der Waals surface area contributed by atoms with E-state index in [1.807, 2.05) is 36.7 Å². The minimum absolute atomic E-state index is 0.0257. The topological polar surface area (TPSA) is 77.3 Å². The van der Waals surface area contributed by atoms with Gasteiger partial charge in [-0.3, -0.25) is 10.1 Å². The van der Waals surface area contributed by atoms with E-state index >= 15 is 0 Å². The van der Waals surface area contributed by atoms with Crippen LogP contribution in [0.1, 0.15) is 5.56 Å². The van der Waals surface area contributed by atoms with E-state index in [-0.39, 0.29) is 5.91 Å². The van der Waals surface area contributed by atoms with Crippen molar-refractivity contribution in [1.82, 2.24) is 10.6 Å². The zero-order chi connectivity index (χ0) is 13.4. The maximum Gasteiger partial charge on any atom is 0.224 e. The van der Waals surface area contributed by atoms with Gasteiger partial charge in [-0.2, -0.15) is 5.26 Å². The molecule has 0 saturated heterocycles. The number of hydrogen-bond donors (Lipinski definition) is 2. The summed E-state index contributed by atoms with van der Waals surface area (Å²) in [5.74, 6) is -0.0257. The normalized spacial score (nSPS) is 10.6. The van der Waals surface area contributed by atoms with E-state index in [0.29, 0.717) is 11.6 Å².